The van der Waals surface area contributed by atoms with E-state index in [1.165, 1.54) is 0 Å². The standard InChI is InChI=1S/C20H46O12Si2/c1-23-33(24-2,25-3)13-7-9-29-15-19(21)17-31-11-12-32-18-20(22)16-30-10-8-14-34(26-4,27-5)28-6/h19-22H,7-18H2,1-6H3. The van der Waals surface area contributed by atoms with Crippen molar-refractivity contribution < 1.29 is 55.7 Å². The van der Waals surface area contributed by atoms with Crippen molar-refractivity contribution in [3.63, 3.8) is 0 Å². The van der Waals surface area contributed by atoms with E-state index in [1.54, 1.807) is 42.7 Å². The average molecular weight is 535 g/mol. The van der Waals surface area contributed by atoms with E-state index in [0.29, 0.717) is 51.4 Å². The lowest BCUT2D eigenvalue weighted by atomic mass is 10.4. The molecule has 0 spiro atoms. The molecule has 0 saturated carbocycles. The number of hydrogen-bond donors (Lipinski definition) is 2. The lowest BCUT2D eigenvalue weighted by molar-refractivity contribution is -0.0506. The van der Waals surface area contributed by atoms with Gasteiger partial charge in [-0.25, -0.2) is 0 Å². The maximum Gasteiger partial charge on any atom is 0.500 e. The van der Waals surface area contributed by atoms with Crippen molar-refractivity contribution in [3.8, 4) is 0 Å². The van der Waals surface area contributed by atoms with Crippen LogP contribution in [0.1, 0.15) is 12.8 Å². The van der Waals surface area contributed by atoms with Crippen LogP contribution in [-0.2, 0) is 45.5 Å². The number of aliphatic hydroxyl groups is 2. The fraction of sp³-hybridized carbons (Fsp3) is 1.00. The van der Waals surface area contributed by atoms with Crippen LogP contribution >= 0.6 is 0 Å². The van der Waals surface area contributed by atoms with Gasteiger partial charge in [0.05, 0.1) is 39.6 Å². The lowest BCUT2D eigenvalue weighted by Gasteiger charge is -2.24. The van der Waals surface area contributed by atoms with Gasteiger partial charge in [-0.3, -0.25) is 0 Å². The van der Waals surface area contributed by atoms with Crippen LogP contribution in [0.2, 0.25) is 12.1 Å². The quantitative estimate of drug-likeness (QED) is 0.123. The SMILES string of the molecule is CO[Si](CCCOCC(O)COCCOCC(O)COCCC[Si](OC)(OC)OC)(OC)OC. The van der Waals surface area contributed by atoms with Crippen LogP contribution in [0.25, 0.3) is 0 Å². The largest absolute Gasteiger partial charge is 0.500 e. The summed E-state index contributed by atoms with van der Waals surface area (Å²) in [5.74, 6) is 0. The van der Waals surface area contributed by atoms with Crippen LogP contribution in [0.5, 0.6) is 0 Å². The third-order valence-corrected chi connectivity index (χ3v) is 10.7. The predicted octanol–water partition coefficient (Wildman–Crippen LogP) is 0.311. The molecule has 0 aliphatic carbocycles. The normalized spacial score (nSPS) is 14.5. The van der Waals surface area contributed by atoms with E-state index in [2.05, 4.69) is 0 Å². The highest BCUT2D eigenvalue weighted by Gasteiger charge is 2.37. The Morgan fingerprint density at radius 3 is 1.00 bits per heavy atom. The Hall–Kier alpha value is -0.0462. The summed E-state index contributed by atoms with van der Waals surface area (Å²) in [4.78, 5) is 0. The molecular weight excluding hydrogens is 488 g/mol. The van der Waals surface area contributed by atoms with Gasteiger partial charge < -0.3 is 55.7 Å². The zero-order valence-corrected chi connectivity index (χ0v) is 23.6. The van der Waals surface area contributed by atoms with Crippen molar-refractivity contribution in [2.45, 2.75) is 37.1 Å². The molecule has 0 amide bonds. The van der Waals surface area contributed by atoms with Crippen LogP contribution in [0, 0.1) is 0 Å². The van der Waals surface area contributed by atoms with Gasteiger partial charge >= 0.3 is 17.6 Å². The Morgan fingerprint density at radius 2 is 0.735 bits per heavy atom. The Kier molecular flexibility index (Phi) is 21.0. The summed E-state index contributed by atoms with van der Waals surface area (Å²) < 4.78 is 53.7. The predicted molar refractivity (Wildman–Crippen MR) is 128 cm³/mol. The van der Waals surface area contributed by atoms with Crippen LogP contribution < -0.4 is 0 Å². The summed E-state index contributed by atoms with van der Waals surface area (Å²) in [6, 6.07) is 1.27. The van der Waals surface area contributed by atoms with Crippen LogP contribution in [-0.4, -0.2) is 136 Å². The number of hydrogen-bond acceptors (Lipinski definition) is 12. The van der Waals surface area contributed by atoms with Gasteiger partial charge in [-0.15, -0.1) is 0 Å². The van der Waals surface area contributed by atoms with Gasteiger partial charge in [0.1, 0.15) is 12.2 Å². The molecule has 0 aliphatic heterocycles. The minimum Gasteiger partial charge on any atom is -0.388 e. The first-order chi connectivity index (χ1) is 16.4. The van der Waals surface area contributed by atoms with E-state index in [9.17, 15) is 10.2 Å². The molecule has 0 aromatic carbocycles. The van der Waals surface area contributed by atoms with E-state index in [0.717, 1.165) is 0 Å². The summed E-state index contributed by atoms with van der Waals surface area (Å²) in [5.41, 5.74) is 0. The lowest BCUT2D eigenvalue weighted by Crippen LogP contribution is -2.42. The number of ether oxygens (including phenoxy) is 4. The minimum absolute atomic E-state index is 0.136. The van der Waals surface area contributed by atoms with E-state index < -0.39 is 29.8 Å². The number of aliphatic hydroxyl groups excluding tert-OH is 2. The van der Waals surface area contributed by atoms with Crippen LogP contribution in [0.15, 0.2) is 0 Å². The maximum absolute atomic E-state index is 9.90. The molecule has 0 radical (unpaired) electrons. The summed E-state index contributed by atoms with van der Waals surface area (Å²) in [5, 5.41) is 19.8. The van der Waals surface area contributed by atoms with Crippen LogP contribution in [0.4, 0.5) is 0 Å². The maximum atomic E-state index is 9.90. The number of rotatable bonds is 25. The van der Waals surface area contributed by atoms with E-state index in [-0.39, 0.29) is 26.4 Å². The molecule has 34 heavy (non-hydrogen) atoms. The summed E-state index contributed by atoms with van der Waals surface area (Å²) in [7, 11) is 4.27. The summed E-state index contributed by atoms with van der Waals surface area (Å²) in [6.07, 6.45) is -0.0649. The van der Waals surface area contributed by atoms with E-state index in [1.807, 2.05) is 0 Å². The highest BCUT2D eigenvalue weighted by Crippen LogP contribution is 2.15. The molecule has 14 heteroatoms. The molecular formula is C20H46O12Si2. The molecule has 2 unspecified atom stereocenters. The Bertz CT molecular complexity index is 399. The van der Waals surface area contributed by atoms with Gasteiger partial charge in [-0.05, 0) is 12.8 Å². The first-order valence-corrected chi connectivity index (χ1v) is 15.2. The molecule has 0 heterocycles. The molecule has 0 aromatic rings. The smallest absolute Gasteiger partial charge is 0.388 e. The highest BCUT2D eigenvalue weighted by atomic mass is 28.4. The molecule has 2 N–H and O–H groups in total. The van der Waals surface area contributed by atoms with Gasteiger partial charge in [-0.2, -0.15) is 0 Å². The molecule has 0 saturated heterocycles. The second kappa shape index (κ2) is 21.1. The van der Waals surface area contributed by atoms with Gasteiger partial charge in [0.15, 0.2) is 0 Å². The fourth-order valence-corrected chi connectivity index (χ4v) is 6.36. The summed E-state index contributed by atoms with van der Waals surface area (Å²) >= 11 is 0. The Morgan fingerprint density at radius 1 is 0.471 bits per heavy atom. The molecule has 0 aromatic heterocycles. The Balaban J connectivity index is 3.62. The molecule has 2 atom stereocenters. The highest BCUT2D eigenvalue weighted by molar-refractivity contribution is 6.60. The third-order valence-electron chi connectivity index (χ3n) is 5.02. The van der Waals surface area contributed by atoms with Gasteiger partial charge in [0.2, 0.25) is 0 Å². The first kappa shape index (κ1) is 34.0. The zero-order chi connectivity index (χ0) is 25.7. The molecule has 0 bridgehead atoms. The third kappa shape index (κ3) is 15.2. The first-order valence-electron chi connectivity index (χ1n) is 11.3. The molecule has 0 fully saturated rings. The second-order valence-corrected chi connectivity index (χ2v) is 13.6. The van der Waals surface area contributed by atoms with Crippen molar-refractivity contribution >= 4 is 17.6 Å². The van der Waals surface area contributed by atoms with Gasteiger partial charge in [-0.1, -0.05) is 0 Å². The van der Waals surface area contributed by atoms with Crippen molar-refractivity contribution in [3.05, 3.63) is 0 Å². The van der Waals surface area contributed by atoms with Crippen molar-refractivity contribution in [2.75, 3.05) is 95.5 Å². The van der Waals surface area contributed by atoms with Crippen molar-refractivity contribution in [1.29, 1.82) is 0 Å². The topological polar surface area (TPSA) is 133 Å². The monoisotopic (exact) mass is 534 g/mol. The van der Waals surface area contributed by atoms with E-state index in [4.69, 9.17) is 45.5 Å². The van der Waals surface area contributed by atoms with Crippen molar-refractivity contribution in [1.82, 2.24) is 0 Å². The van der Waals surface area contributed by atoms with Gasteiger partial charge in [0.25, 0.3) is 0 Å². The van der Waals surface area contributed by atoms with Crippen molar-refractivity contribution in [2.24, 2.45) is 0 Å². The van der Waals surface area contributed by atoms with Gasteiger partial charge in [0, 0.05) is 68.0 Å². The van der Waals surface area contributed by atoms with Crippen LogP contribution in [0.3, 0.4) is 0 Å². The van der Waals surface area contributed by atoms with E-state index >= 15 is 0 Å². The second-order valence-electron chi connectivity index (χ2n) is 7.41. The molecule has 12 nitrogen and oxygen atoms in total. The zero-order valence-electron chi connectivity index (χ0n) is 21.6. The molecule has 0 rings (SSSR count). The molecule has 0 aliphatic rings. The summed E-state index contributed by atoms with van der Waals surface area (Å²) in [6.45, 7) is 2.12. The average Bonchev–Trinajstić information content (AvgIpc) is 2.86. The minimum atomic E-state index is -2.58. The molecule has 206 valence electrons. The fourth-order valence-electron chi connectivity index (χ4n) is 2.99. The Labute approximate surface area is 206 Å².